The molecule has 0 amide bonds. The van der Waals surface area contributed by atoms with Gasteiger partial charge in [-0.05, 0) is 35.2 Å². The van der Waals surface area contributed by atoms with E-state index in [4.69, 9.17) is 5.73 Å². The molecule has 0 atom stereocenters. The molecule has 0 heterocycles. The predicted molar refractivity (Wildman–Crippen MR) is 82.2 cm³/mol. The van der Waals surface area contributed by atoms with Crippen LogP contribution in [0.3, 0.4) is 0 Å². The molecule has 2 aromatic carbocycles. The second-order valence-electron chi connectivity index (χ2n) is 5.34. The molecule has 21 heavy (non-hydrogen) atoms. The summed E-state index contributed by atoms with van der Waals surface area (Å²) >= 11 is 0. The first-order chi connectivity index (χ1) is 9.79. The van der Waals surface area contributed by atoms with Crippen molar-refractivity contribution in [1.29, 1.82) is 0 Å². The molecule has 0 aliphatic heterocycles. The first-order valence-electron chi connectivity index (χ1n) is 6.66. The maximum Gasteiger partial charge on any atom is 0.184 e. The van der Waals surface area contributed by atoms with Crippen molar-refractivity contribution in [3.05, 3.63) is 59.4 Å². The normalized spacial score (nSPS) is 11.8. The van der Waals surface area contributed by atoms with Gasteiger partial charge in [-0.2, -0.15) is 0 Å². The van der Waals surface area contributed by atoms with Gasteiger partial charge < -0.3 is 5.73 Å². The lowest BCUT2D eigenvalue weighted by Gasteiger charge is -2.09. The van der Waals surface area contributed by atoms with Gasteiger partial charge in [0, 0.05) is 0 Å². The molecular formula is C16H18FNO2S. The van der Waals surface area contributed by atoms with Crippen LogP contribution >= 0.6 is 0 Å². The molecular weight excluding hydrogens is 289 g/mol. The number of anilines is 1. The molecule has 2 N–H and O–H groups in total. The smallest absolute Gasteiger partial charge is 0.184 e. The van der Waals surface area contributed by atoms with Gasteiger partial charge in [0.05, 0.1) is 16.3 Å². The van der Waals surface area contributed by atoms with Gasteiger partial charge in [0.25, 0.3) is 0 Å². The van der Waals surface area contributed by atoms with E-state index < -0.39 is 15.7 Å². The highest BCUT2D eigenvalue weighted by Crippen LogP contribution is 2.24. The molecule has 5 heteroatoms. The molecule has 0 radical (unpaired) electrons. The maximum atomic E-state index is 13.2. The van der Waals surface area contributed by atoms with Crippen LogP contribution in [0.5, 0.6) is 0 Å². The Morgan fingerprint density at radius 3 is 2.29 bits per heavy atom. The number of nitrogens with two attached hydrogens (primary N) is 1. The monoisotopic (exact) mass is 307 g/mol. The highest BCUT2D eigenvalue weighted by atomic mass is 32.2. The minimum Gasteiger partial charge on any atom is -0.398 e. The Morgan fingerprint density at radius 2 is 1.71 bits per heavy atom. The Labute approximate surface area is 124 Å². The van der Waals surface area contributed by atoms with Gasteiger partial charge >= 0.3 is 0 Å². The van der Waals surface area contributed by atoms with Gasteiger partial charge in [0.2, 0.25) is 0 Å². The number of halogens is 1. The third-order valence-electron chi connectivity index (χ3n) is 3.31. The topological polar surface area (TPSA) is 60.2 Å². The Morgan fingerprint density at radius 1 is 1.10 bits per heavy atom. The van der Waals surface area contributed by atoms with Crippen LogP contribution in [0.15, 0.2) is 47.4 Å². The zero-order chi connectivity index (χ0) is 15.6. The first-order valence-corrected chi connectivity index (χ1v) is 8.31. The van der Waals surface area contributed by atoms with E-state index in [0.717, 1.165) is 17.7 Å². The Kier molecular flexibility index (Phi) is 4.32. The van der Waals surface area contributed by atoms with Crippen LogP contribution in [0.2, 0.25) is 0 Å². The summed E-state index contributed by atoms with van der Waals surface area (Å²) in [6.45, 7) is 4.14. The van der Waals surface area contributed by atoms with Crippen molar-refractivity contribution in [1.82, 2.24) is 0 Å². The summed E-state index contributed by atoms with van der Waals surface area (Å²) in [5.74, 6) is -0.425. The summed E-state index contributed by atoms with van der Waals surface area (Å²) in [6, 6.07) is 10.8. The molecule has 0 aliphatic carbocycles. The molecule has 0 unspecified atom stereocenters. The number of sulfone groups is 1. The van der Waals surface area contributed by atoms with E-state index in [1.165, 1.54) is 6.07 Å². The van der Waals surface area contributed by atoms with Crippen molar-refractivity contribution in [2.45, 2.75) is 30.4 Å². The number of hydrogen-bond donors (Lipinski definition) is 1. The average molecular weight is 307 g/mol. The molecule has 0 fully saturated rings. The second kappa shape index (κ2) is 5.85. The average Bonchev–Trinajstić information content (AvgIpc) is 2.41. The first kappa shape index (κ1) is 15.5. The van der Waals surface area contributed by atoms with Crippen molar-refractivity contribution in [2.24, 2.45) is 0 Å². The summed E-state index contributed by atoms with van der Waals surface area (Å²) in [6.07, 6.45) is 0. The zero-order valence-corrected chi connectivity index (χ0v) is 12.8. The van der Waals surface area contributed by atoms with E-state index in [2.05, 4.69) is 13.8 Å². The molecule has 112 valence electrons. The standard InChI is InChI=1S/C16H18FNO2S/c1-11(2)13-5-3-12(4-6-13)10-21(19,20)16-9-14(17)7-8-15(16)18/h3-9,11H,10,18H2,1-2H3. The fourth-order valence-corrected chi connectivity index (χ4v) is 3.58. The Balaban J connectivity index is 2.31. The van der Waals surface area contributed by atoms with Gasteiger partial charge in [-0.15, -0.1) is 0 Å². The second-order valence-corrected chi connectivity index (χ2v) is 7.30. The van der Waals surface area contributed by atoms with Crippen molar-refractivity contribution < 1.29 is 12.8 Å². The Bertz CT molecular complexity index is 737. The maximum absolute atomic E-state index is 13.2. The fourth-order valence-electron chi connectivity index (χ4n) is 2.07. The number of rotatable bonds is 4. The van der Waals surface area contributed by atoms with E-state index in [0.29, 0.717) is 11.5 Å². The van der Waals surface area contributed by atoms with Gasteiger partial charge in [0.15, 0.2) is 9.84 Å². The molecule has 0 saturated carbocycles. The summed E-state index contributed by atoms with van der Waals surface area (Å²) in [4.78, 5) is -0.157. The summed E-state index contributed by atoms with van der Waals surface area (Å²) in [7, 11) is -3.66. The lowest BCUT2D eigenvalue weighted by atomic mass is 10.0. The molecule has 0 aromatic heterocycles. The van der Waals surface area contributed by atoms with Crippen LogP contribution < -0.4 is 5.73 Å². The van der Waals surface area contributed by atoms with Gasteiger partial charge in [-0.3, -0.25) is 0 Å². The predicted octanol–water partition coefficient (Wildman–Crippen LogP) is 3.51. The van der Waals surface area contributed by atoms with Crippen molar-refractivity contribution in [3.8, 4) is 0 Å². The van der Waals surface area contributed by atoms with Crippen molar-refractivity contribution in [3.63, 3.8) is 0 Å². The fraction of sp³-hybridized carbons (Fsp3) is 0.250. The molecule has 3 nitrogen and oxygen atoms in total. The van der Waals surface area contributed by atoms with Crippen LogP contribution in [0.4, 0.5) is 10.1 Å². The minimum atomic E-state index is -3.66. The number of benzene rings is 2. The lowest BCUT2D eigenvalue weighted by Crippen LogP contribution is -2.08. The molecule has 2 rings (SSSR count). The van der Waals surface area contributed by atoms with E-state index in [9.17, 15) is 12.8 Å². The summed E-state index contributed by atoms with van der Waals surface area (Å²) in [5.41, 5.74) is 7.51. The largest absolute Gasteiger partial charge is 0.398 e. The highest BCUT2D eigenvalue weighted by Gasteiger charge is 2.19. The van der Waals surface area contributed by atoms with Crippen LogP contribution in [0.1, 0.15) is 30.9 Å². The third kappa shape index (κ3) is 3.61. The SMILES string of the molecule is CC(C)c1ccc(CS(=O)(=O)c2cc(F)ccc2N)cc1. The van der Waals surface area contributed by atoms with E-state index in [1.54, 1.807) is 12.1 Å². The number of nitrogen functional groups attached to an aromatic ring is 1. The molecule has 0 saturated heterocycles. The van der Waals surface area contributed by atoms with Crippen LogP contribution in [-0.4, -0.2) is 8.42 Å². The van der Waals surface area contributed by atoms with Crippen LogP contribution in [0.25, 0.3) is 0 Å². The quantitative estimate of drug-likeness (QED) is 0.879. The Hall–Kier alpha value is -1.88. The van der Waals surface area contributed by atoms with E-state index >= 15 is 0 Å². The molecule has 0 spiro atoms. The van der Waals surface area contributed by atoms with Crippen LogP contribution in [-0.2, 0) is 15.6 Å². The zero-order valence-electron chi connectivity index (χ0n) is 12.0. The highest BCUT2D eigenvalue weighted by molar-refractivity contribution is 7.90. The third-order valence-corrected chi connectivity index (χ3v) is 5.05. The van der Waals surface area contributed by atoms with Gasteiger partial charge in [-0.25, -0.2) is 12.8 Å². The molecule has 2 aromatic rings. The minimum absolute atomic E-state index is 0.0650. The van der Waals surface area contributed by atoms with Crippen molar-refractivity contribution >= 4 is 15.5 Å². The summed E-state index contributed by atoms with van der Waals surface area (Å²) < 4.78 is 37.9. The van der Waals surface area contributed by atoms with Gasteiger partial charge in [0.1, 0.15) is 5.82 Å². The lowest BCUT2D eigenvalue weighted by molar-refractivity contribution is 0.590. The molecule has 0 bridgehead atoms. The van der Waals surface area contributed by atoms with Crippen molar-refractivity contribution in [2.75, 3.05) is 5.73 Å². The number of hydrogen-bond acceptors (Lipinski definition) is 3. The summed E-state index contributed by atoms with van der Waals surface area (Å²) in [5, 5.41) is 0. The van der Waals surface area contributed by atoms with E-state index in [1.807, 2.05) is 12.1 Å². The molecule has 0 aliphatic rings. The van der Waals surface area contributed by atoms with Gasteiger partial charge in [-0.1, -0.05) is 38.1 Å². The van der Waals surface area contributed by atoms with E-state index in [-0.39, 0.29) is 16.3 Å². The van der Waals surface area contributed by atoms with Crippen LogP contribution in [0, 0.1) is 5.82 Å².